The molecule has 0 aliphatic rings. The van der Waals surface area contributed by atoms with E-state index in [0.29, 0.717) is 17.0 Å². The number of rotatable bonds is 8. The number of nitrogens with zero attached hydrogens (tertiary/aromatic N) is 3. The highest BCUT2D eigenvalue weighted by molar-refractivity contribution is 5.60. The molecular formula is C20H24FN3O4. The molecule has 0 saturated carbocycles. The second-order valence-electron chi connectivity index (χ2n) is 5.37. The van der Waals surface area contributed by atoms with Gasteiger partial charge in [0.2, 0.25) is 6.54 Å². The molecular weight excluding hydrogens is 365 g/mol. The third-order valence-electron chi connectivity index (χ3n) is 3.72. The highest BCUT2D eigenvalue weighted by Crippen LogP contribution is 2.17. The van der Waals surface area contributed by atoms with Gasteiger partial charge in [0.15, 0.2) is 0 Å². The lowest BCUT2D eigenvalue weighted by atomic mass is 10.1. The fourth-order valence-corrected chi connectivity index (χ4v) is 2.35. The van der Waals surface area contributed by atoms with Crippen LogP contribution in [-0.4, -0.2) is 28.1 Å². The summed E-state index contributed by atoms with van der Waals surface area (Å²) in [4.78, 5) is 26.6. The van der Waals surface area contributed by atoms with Gasteiger partial charge < -0.3 is 4.74 Å². The van der Waals surface area contributed by atoms with E-state index in [1.165, 1.54) is 42.3 Å². The largest absolute Gasteiger partial charge is 0.497 e. The minimum absolute atomic E-state index is 0.208. The molecule has 0 aliphatic heterocycles. The number of benzene rings is 1. The fourth-order valence-electron chi connectivity index (χ4n) is 2.35. The molecule has 0 N–H and O–H groups in total. The van der Waals surface area contributed by atoms with Crippen LogP contribution in [0.3, 0.4) is 0 Å². The molecule has 7 nitrogen and oxygen atoms in total. The van der Waals surface area contributed by atoms with Gasteiger partial charge in [-0.15, -0.1) is 0 Å². The number of aryl methyl sites for hydroxylation is 2. The van der Waals surface area contributed by atoms with Gasteiger partial charge in [0, 0.05) is 17.5 Å². The Kier molecular flexibility index (Phi) is 9.29. The van der Waals surface area contributed by atoms with Crippen LogP contribution in [0.2, 0.25) is 0 Å². The van der Waals surface area contributed by atoms with Crippen LogP contribution in [0, 0.1) is 15.9 Å². The summed E-state index contributed by atoms with van der Waals surface area (Å²) >= 11 is 0. The summed E-state index contributed by atoms with van der Waals surface area (Å²) in [6.45, 7) is 7.40. The summed E-state index contributed by atoms with van der Waals surface area (Å²) in [6, 6.07) is 4.53. The summed E-state index contributed by atoms with van der Waals surface area (Å²) in [6.07, 6.45) is 5.67. The zero-order valence-electron chi connectivity index (χ0n) is 16.2. The third-order valence-corrected chi connectivity index (χ3v) is 3.72. The van der Waals surface area contributed by atoms with Gasteiger partial charge in [0.1, 0.15) is 11.6 Å². The minimum atomic E-state index is -0.508. The molecule has 0 aliphatic carbocycles. The zero-order valence-corrected chi connectivity index (χ0v) is 16.2. The maximum absolute atomic E-state index is 14.0. The molecule has 8 heteroatoms. The molecule has 0 radical (unpaired) electrons. The van der Waals surface area contributed by atoms with Crippen molar-refractivity contribution in [1.82, 2.24) is 9.55 Å². The van der Waals surface area contributed by atoms with Crippen molar-refractivity contribution in [2.75, 3.05) is 13.7 Å². The summed E-state index contributed by atoms with van der Waals surface area (Å²) in [5, 5.41) is 10.4. The highest BCUT2D eigenvalue weighted by atomic mass is 19.1. The van der Waals surface area contributed by atoms with E-state index in [9.17, 15) is 19.3 Å². The van der Waals surface area contributed by atoms with Crippen molar-refractivity contribution in [3.63, 3.8) is 0 Å². The summed E-state index contributed by atoms with van der Waals surface area (Å²) in [5.41, 5.74) is 0.611. The Morgan fingerprint density at radius 2 is 2.11 bits per heavy atom. The average Bonchev–Trinajstić information content (AvgIpc) is 2.70. The van der Waals surface area contributed by atoms with E-state index in [4.69, 9.17) is 4.74 Å². The number of aromatic nitrogens is 2. The van der Waals surface area contributed by atoms with Gasteiger partial charge in [-0.25, -0.2) is 9.37 Å². The first-order chi connectivity index (χ1) is 13.5. The lowest BCUT2D eigenvalue weighted by molar-refractivity contribution is -0.468. The molecule has 28 heavy (non-hydrogen) atoms. The Bertz CT molecular complexity index is 907. The molecule has 1 aromatic carbocycles. The normalized spacial score (nSPS) is 10.3. The molecule has 1 heterocycles. The van der Waals surface area contributed by atoms with Crippen molar-refractivity contribution in [3.05, 3.63) is 80.3 Å². The van der Waals surface area contributed by atoms with Crippen LogP contribution in [0.25, 0.3) is 12.2 Å². The maximum Gasteiger partial charge on any atom is 0.261 e. The van der Waals surface area contributed by atoms with Gasteiger partial charge in [0.05, 0.1) is 24.7 Å². The fraction of sp³-hybridized carbons (Fsp3) is 0.300. The van der Waals surface area contributed by atoms with E-state index < -0.39 is 17.3 Å². The number of nitro groups is 1. The molecule has 0 unspecified atom stereocenters. The van der Waals surface area contributed by atoms with Gasteiger partial charge in [-0.2, -0.15) is 0 Å². The number of ether oxygens (including phenoxy) is 1. The van der Waals surface area contributed by atoms with Crippen LogP contribution in [0.15, 0.2) is 42.0 Å². The quantitative estimate of drug-likeness (QED) is 0.509. The molecule has 0 amide bonds. The topological polar surface area (TPSA) is 87.3 Å². The van der Waals surface area contributed by atoms with Gasteiger partial charge >= 0.3 is 0 Å². The molecule has 2 aromatic rings. The van der Waals surface area contributed by atoms with Gasteiger partial charge in [-0.05, 0) is 36.3 Å². The van der Waals surface area contributed by atoms with E-state index in [-0.39, 0.29) is 24.1 Å². The first kappa shape index (κ1) is 22.8. The maximum atomic E-state index is 14.0. The third kappa shape index (κ3) is 6.15. The first-order valence-electron chi connectivity index (χ1n) is 8.79. The van der Waals surface area contributed by atoms with Crippen molar-refractivity contribution in [1.29, 1.82) is 0 Å². The first-order valence-corrected chi connectivity index (χ1v) is 8.79. The van der Waals surface area contributed by atoms with Crippen LogP contribution < -0.4 is 10.3 Å². The van der Waals surface area contributed by atoms with Crippen molar-refractivity contribution in [3.8, 4) is 5.75 Å². The number of methoxy groups -OCH3 is 1. The van der Waals surface area contributed by atoms with Crippen molar-refractivity contribution >= 4 is 12.2 Å². The number of hydrogen-bond acceptors (Lipinski definition) is 5. The predicted octanol–water partition coefficient (Wildman–Crippen LogP) is 3.59. The predicted molar refractivity (Wildman–Crippen MR) is 107 cm³/mol. The molecule has 1 aromatic heterocycles. The molecule has 0 bridgehead atoms. The Labute approximate surface area is 163 Å². The minimum Gasteiger partial charge on any atom is -0.497 e. The number of halogens is 1. The average molecular weight is 389 g/mol. The molecule has 0 atom stereocenters. The summed E-state index contributed by atoms with van der Waals surface area (Å²) in [7, 11) is 1.45. The van der Waals surface area contributed by atoms with Crippen LogP contribution in [0.5, 0.6) is 5.75 Å². The standard InChI is InChI=1S/C18H18FN3O4.C2H6/c1-3-17-15(5-4-9-22(24)25)18(23)21(12-20-17)10-8-13-6-7-14(26-2)11-16(13)19;1-2/h3-7,11-12H,1,8-10H2,2H3;1-2H3/b5-4-;. The SMILES string of the molecule is C=Cc1ncn(CCc2ccc(OC)cc2F)c(=O)c1/C=C\C[N+](=O)[O-].CC. The Morgan fingerprint density at radius 1 is 1.39 bits per heavy atom. The van der Waals surface area contributed by atoms with Gasteiger partial charge in [0.25, 0.3) is 5.56 Å². The van der Waals surface area contributed by atoms with E-state index in [1.54, 1.807) is 12.1 Å². The second-order valence-corrected chi connectivity index (χ2v) is 5.37. The van der Waals surface area contributed by atoms with Gasteiger partial charge in [-0.3, -0.25) is 19.5 Å². The highest BCUT2D eigenvalue weighted by Gasteiger charge is 2.09. The molecule has 150 valence electrons. The second kappa shape index (κ2) is 11.4. The molecule has 0 saturated heterocycles. The van der Waals surface area contributed by atoms with E-state index >= 15 is 0 Å². The van der Waals surface area contributed by atoms with Crippen LogP contribution in [-0.2, 0) is 13.0 Å². The van der Waals surface area contributed by atoms with E-state index in [1.807, 2.05) is 13.8 Å². The lowest BCUT2D eigenvalue weighted by Gasteiger charge is -2.09. The summed E-state index contributed by atoms with van der Waals surface area (Å²) < 4.78 is 20.3. The monoisotopic (exact) mass is 389 g/mol. The Balaban J connectivity index is 0.00000190. The van der Waals surface area contributed by atoms with Crippen molar-refractivity contribution in [2.24, 2.45) is 0 Å². The zero-order chi connectivity index (χ0) is 21.1. The number of hydrogen-bond donors (Lipinski definition) is 0. The van der Waals surface area contributed by atoms with Crippen LogP contribution in [0.1, 0.15) is 30.7 Å². The van der Waals surface area contributed by atoms with Crippen LogP contribution >= 0.6 is 0 Å². The summed E-state index contributed by atoms with van der Waals surface area (Å²) in [5.74, 6) is -0.00203. The smallest absolute Gasteiger partial charge is 0.261 e. The molecule has 0 fully saturated rings. The molecule has 0 spiro atoms. The Morgan fingerprint density at radius 3 is 2.68 bits per heavy atom. The lowest BCUT2D eigenvalue weighted by Crippen LogP contribution is -2.25. The van der Waals surface area contributed by atoms with E-state index in [0.717, 1.165) is 0 Å². The van der Waals surface area contributed by atoms with Gasteiger partial charge in [-0.1, -0.05) is 26.5 Å². The van der Waals surface area contributed by atoms with Crippen molar-refractivity contribution < 1.29 is 14.1 Å². The van der Waals surface area contributed by atoms with E-state index in [2.05, 4.69) is 11.6 Å². The van der Waals surface area contributed by atoms with Crippen LogP contribution in [0.4, 0.5) is 4.39 Å². The molecule has 2 rings (SSSR count). The Hall–Kier alpha value is -3.29. The van der Waals surface area contributed by atoms with Crippen molar-refractivity contribution in [2.45, 2.75) is 26.8 Å².